The molecule has 0 atom stereocenters. The predicted molar refractivity (Wildman–Crippen MR) is 77.2 cm³/mol. The van der Waals surface area contributed by atoms with Crippen molar-refractivity contribution < 1.29 is 22.8 Å². The SMILES string of the molecule is O=C(Cc1csc(NC(=O)c2ccsc2)n1)NCC(F)(F)F. The van der Waals surface area contributed by atoms with Crippen LogP contribution in [-0.4, -0.2) is 29.5 Å². The van der Waals surface area contributed by atoms with Gasteiger partial charge in [-0.25, -0.2) is 4.98 Å². The molecule has 0 aromatic carbocycles. The first kappa shape index (κ1) is 16.4. The van der Waals surface area contributed by atoms with Gasteiger partial charge in [0.05, 0.1) is 17.7 Å². The van der Waals surface area contributed by atoms with Crippen molar-refractivity contribution in [2.75, 3.05) is 11.9 Å². The number of nitrogens with zero attached hydrogens (tertiary/aromatic N) is 1. The van der Waals surface area contributed by atoms with Gasteiger partial charge in [0.25, 0.3) is 5.91 Å². The summed E-state index contributed by atoms with van der Waals surface area (Å²) in [7, 11) is 0. The quantitative estimate of drug-likeness (QED) is 0.872. The van der Waals surface area contributed by atoms with Gasteiger partial charge in [-0.05, 0) is 11.4 Å². The smallest absolute Gasteiger partial charge is 0.347 e. The van der Waals surface area contributed by atoms with Crippen LogP contribution in [0.5, 0.6) is 0 Å². The number of aromatic nitrogens is 1. The summed E-state index contributed by atoms with van der Waals surface area (Å²) in [5.41, 5.74) is 0.787. The van der Waals surface area contributed by atoms with E-state index in [1.807, 2.05) is 0 Å². The number of anilines is 1. The molecule has 0 aliphatic carbocycles. The Labute approximate surface area is 131 Å². The third-order valence-corrected chi connectivity index (χ3v) is 3.87. The summed E-state index contributed by atoms with van der Waals surface area (Å²) in [5, 5.41) is 9.55. The second-order valence-electron chi connectivity index (χ2n) is 4.18. The van der Waals surface area contributed by atoms with E-state index >= 15 is 0 Å². The molecule has 5 nitrogen and oxygen atoms in total. The number of hydrogen-bond acceptors (Lipinski definition) is 5. The molecule has 0 saturated carbocycles. The van der Waals surface area contributed by atoms with Crippen LogP contribution in [0.15, 0.2) is 22.2 Å². The number of hydrogen-bond donors (Lipinski definition) is 2. The van der Waals surface area contributed by atoms with E-state index in [1.165, 1.54) is 16.7 Å². The molecule has 2 aromatic rings. The van der Waals surface area contributed by atoms with Crippen molar-refractivity contribution in [3.63, 3.8) is 0 Å². The van der Waals surface area contributed by atoms with Gasteiger partial charge in [-0.1, -0.05) is 0 Å². The normalized spacial score (nSPS) is 11.2. The molecule has 22 heavy (non-hydrogen) atoms. The van der Waals surface area contributed by atoms with E-state index in [1.54, 1.807) is 22.1 Å². The van der Waals surface area contributed by atoms with Gasteiger partial charge in [-0.15, -0.1) is 11.3 Å². The van der Waals surface area contributed by atoms with E-state index in [-0.39, 0.29) is 17.5 Å². The predicted octanol–water partition coefficient (Wildman–Crippen LogP) is 2.68. The summed E-state index contributed by atoms with van der Waals surface area (Å²) in [6.45, 7) is -1.38. The molecule has 118 valence electrons. The van der Waals surface area contributed by atoms with Gasteiger partial charge in [0.2, 0.25) is 5.91 Å². The van der Waals surface area contributed by atoms with Crippen LogP contribution < -0.4 is 10.6 Å². The van der Waals surface area contributed by atoms with Gasteiger partial charge in [0, 0.05) is 10.8 Å². The molecule has 0 spiro atoms. The fraction of sp³-hybridized carbons (Fsp3) is 0.250. The minimum Gasteiger partial charge on any atom is -0.347 e. The van der Waals surface area contributed by atoms with Crippen LogP contribution in [0.4, 0.5) is 18.3 Å². The molecule has 0 bridgehead atoms. The van der Waals surface area contributed by atoms with Gasteiger partial charge in [0.1, 0.15) is 6.54 Å². The topological polar surface area (TPSA) is 71.1 Å². The lowest BCUT2D eigenvalue weighted by Crippen LogP contribution is -2.34. The van der Waals surface area contributed by atoms with Crippen molar-refractivity contribution in [2.24, 2.45) is 0 Å². The zero-order chi connectivity index (χ0) is 16.2. The molecule has 2 N–H and O–H groups in total. The highest BCUT2D eigenvalue weighted by molar-refractivity contribution is 7.14. The molecular formula is C12H10F3N3O2S2. The van der Waals surface area contributed by atoms with Crippen LogP contribution in [0.2, 0.25) is 0 Å². The Kier molecular flexibility index (Phi) is 5.14. The molecule has 0 radical (unpaired) electrons. The van der Waals surface area contributed by atoms with Crippen molar-refractivity contribution in [2.45, 2.75) is 12.6 Å². The van der Waals surface area contributed by atoms with Crippen molar-refractivity contribution in [1.82, 2.24) is 10.3 Å². The van der Waals surface area contributed by atoms with E-state index in [0.717, 1.165) is 11.3 Å². The second-order valence-corrected chi connectivity index (χ2v) is 5.82. The maximum atomic E-state index is 12.0. The number of alkyl halides is 3. The lowest BCUT2D eigenvalue weighted by atomic mass is 10.3. The Hall–Kier alpha value is -1.94. The highest BCUT2D eigenvalue weighted by atomic mass is 32.1. The number of thiazole rings is 1. The number of amides is 2. The molecule has 2 heterocycles. The average Bonchev–Trinajstić information content (AvgIpc) is 3.07. The van der Waals surface area contributed by atoms with E-state index in [0.29, 0.717) is 11.3 Å². The fourth-order valence-corrected chi connectivity index (χ4v) is 2.78. The first-order valence-corrected chi connectivity index (χ1v) is 7.77. The summed E-state index contributed by atoms with van der Waals surface area (Å²) >= 11 is 2.48. The summed E-state index contributed by atoms with van der Waals surface area (Å²) in [4.78, 5) is 27.1. The van der Waals surface area contributed by atoms with E-state index < -0.39 is 18.6 Å². The molecule has 10 heteroatoms. The Morgan fingerprint density at radius 3 is 2.68 bits per heavy atom. The van der Waals surface area contributed by atoms with Gasteiger partial charge >= 0.3 is 6.18 Å². The van der Waals surface area contributed by atoms with Gasteiger partial charge in [-0.3, -0.25) is 14.9 Å². The van der Waals surface area contributed by atoms with Crippen LogP contribution in [0.25, 0.3) is 0 Å². The Morgan fingerprint density at radius 2 is 2.05 bits per heavy atom. The van der Waals surface area contributed by atoms with Gasteiger partial charge in [-0.2, -0.15) is 24.5 Å². The number of carbonyl (C=O) groups is 2. The van der Waals surface area contributed by atoms with Crippen LogP contribution in [0, 0.1) is 0 Å². The minimum atomic E-state index is -4.45. The van der Waals surface area contributed by atoms with E-state index in [4.69, 9.17) is 0 Å². The zero-order valence-electron chi connectivity index (χ0n) is 10.9. The average molecular weight is 349 g/mol. The van der Waals surface area contributed by atoms with Crippen molar-refractivity contribution in [3.8, 4) is 0 Å². The molecule has 0 aliphatic rings. The molecule has 0 aliphatic heterocycles. The number of carbonyl (C=O) groups excluding carboxylic acids is 2. The lowest BCUT2D eigenvalue weighted by Gasteiger charge is -2.07. The van der Waals surface area contributed by atoms with Crippen LogP contribution >= 0.6 is 22.7 Å². The maximum absolute atomic E-state index is 12.0. The van der Waals surface area contributed by atoms with Gasteiger partial charge in [0.15, 0.2) is 5.13 Å². The molecular weight excluding hydrogens is 339 g/mol. The molecule has 0 saturated heterocycles. The number of halogens is 3. The molecule has 2 rings (SSSR count). The number of thiophene rings is 1. The fourth-order valence-electron chi connectivity index (χ4n) is 1.43. The summed E-state index contributed by atoms with van der Waals surface area (Å²) < 4.78 is 35.9. The van der Waals surface area contributed by atoms with Crippen molar-refractivity contribution in [3.05, 3.63) is 33.5 Å². The lowest BCUT2D eigenvalue weighted by molar-refractivity contribution is -0.138. The third-order valence-electron chi connectivity index (χ3n) is 2.38. The Bertz CT molecular complexity index is 653. The van der Waals surface area contributed by atoms with E-state index in [2.05, 4.69) is 10.3 Å². The second kappa shape index (κ2) is 6.88. The molecule has 2 amide bonds. The highest BCUT2D eigenvalue weighted by Gasteiger charge is 2.27. The first-order valence-electron chi connectivity index (χ1n) is 5.95. The third kappa shape index (κ3) is 5.11. The minimum absolute atomic E-state index is 0.277. The first-order chi connectivity index (χ1) is 10.3. The summed E-state index contributed by atoms with van der Waals surface area (Å²) in [6, 6.07) is 1.65. The Morgan fingerprint density at radius 1 is 1.27 bits per heavy atom. The maximum Gasteiger partial charge on any atom is 0.405 e. The summed E-state index contributed by atoms with van der Waals surface area (Å²) in [5.74, 6) is -1.11. The largest absolute Gasteiger partial charge is 0.405 e. The number of nitrogens with one attached hydrogen (secondary N) is 2. The molecule has 0 unspecified atom stereocenters. The van der Waals surface area contributed by atoms with E-state index in [9.17, 15) is 22.8 Å². The standard InChI is InChI=1S/C12H10F3N3O2S2/c13-12(14,15)6-16-9(19)3-8-5-22-11(17-8)18-10(20)7-1-2-21-4-7/h1-2,4-5H,3,6H2,(H,16,19)(H,17,18,20). The molecule has 2 aromatic heterocycles. The van der Waals surface area contributed by atoms with Crippen molar-refractivity contribution >= 4 is 39.6 Å². The monoisotopic (exact) mass is 349 g/mol. The number of rotatable bonds is 5. The van der Waals surface area contributed by atoms with Crippen LogP contribution in [0.3, 0.4) is 0 Å². The Balaban J connectivity index is 1.86. The molecule has 0 fully saturated rings. The highest BCUT2D eigenvalue weighted by Crippen LogP contribution is 2.18. The summed E-state index contributed by atoms with van der Waals surface area (Å²) in [6.07, 6.45) is -4.72. The zero-order valence-corrected chi connectivity index (χ0v) is 12.6. The van der Waals surface area contributed by atoms with Crippen LogP contribution in [0.1, 0.15) is 16.1 Å². The van der Waals surface area contributed by atoms with Crippen LogP contribution in [-0.2, 0) is 11.2 Å². The van der Waals surface area contributed by atoms with Gasteiger partial charge < -0.3 is 5.32 Å². The van der Waals surface area contributed by atoms with Crippen molar-refractivity contribution in [1.29, 1.82) is 0 Å².